The monoisotopic (exact) mass is 323 g/mol. The van der Waals surface area contributed by atoms with Gasteiger partial charge >= 0.3 is 0 Å². The molecule has 2 nitrogen and oxygen atoms in total. The number of halogens is 3. The van der Waals surface area contributed by atoms with E-state index in [1.807, 2.05) is 6.92 Å². The summed E-state index contributed by atoms with van der Waals surface area (Å²) >= 11 is 15.0. The second-order valence-electron chi connectivity index (χ2n) is 3.20. The maximum absolute atomic E-state index is 12.0. The van der Waals surface area contributed by atoms with Gasteiger partial charge in [-0.1, -0.05) is 39.1 Å². The van der Waals surface area contributed by atoms with Gasteiger partial charge in [-0.2, -0.15) is 0 Å². The van der Waals surface area contributed by atoms with E-state index in [0.29, 0.717) is 28.7 Å². The summed E-state index contributed by atoms with van der Waals surface area (Å²) in [5.41, 5.74) is 0.567. The summed E-state index contributed by atoms with van der Waals surface area (Å²) in [5.74, 6) is -0.0273. The zero-order valence-electron chi connectivity index (χ0n) is 8.84. The Balaban J connectivity index is 2.90. The molecule has 0 spiro atoms. The summed E-state index contributed by atoms with van der Waals surface area (Å²) in [6, 6.07) is 4.93. The Bertz CT molecular complexity index is 384. The van der Waals surface area contributed by atoms with E-state index in [1.165, 1.54) is 0 Å². The summed E-state index contributed by atoms with van der Waals surface area (Å²) in [7, 11) is 0. The Morgan fingerprint density at radius 2 is 2.06 bits per heavy atom. The Labute approximate surface area is 114 Å². The van der Waals surface area contributed by atoms with E-state index in [9.17, 15) is 4.79 Å². The van der Waals surface area contributed by atoms with Crippen LogP contribution in [0.5, 0.6) is 0 Å². The van der Waals surface area contributed by atoms with Gasteiger partial charge in [0.1, 0.15) is 0 Å². The van der Waals surface area contributed by atoms with Gasteiger partial charge in [0, 0.05) is 24.0 Å². The number of benzene rings is 1. The van der Waals surface area contributed by atoms with E-state index in [0.717, 1.165) is 5.33 Å². The molecule has 0 aliphatic rings. The fourth-order valence-electron chi connectivity index (χ4n) is 1.32. The Morgan fingerprint density at radius 1 is 1.38 bits per heavy atom. The van der Waals surface area contributed by atoms with Crippen LogP contribution in [0.3, 0.4) is 0 Å². The van der Waals surface area contributed by atoms with Crippen molar-refractivity contribution in [3.63, 3.8) is 0 Å². The van der Waals surface area contributed by atoms with Gasteiger partial charge < -0.3 is 4.90 Å². The van der Waals surface area contributed by atoms with Gasteiger partial charge in [0.15, 0.2) is 0 Å². The third-order valence-electron chi connectivity index (χ3n) is 2.19. The first-order valence-corrected chi connectivity index (χ1v) is 6.78. The highest BCUT2D eigenvalue weighted by Gasteiger charge is 2.14. The summed E-state index contributed by atoms with van der Waals surface area (Å²) in [6.45, 7) is 3.29. The number of alkyl halides is 1. The number of hydrogen-bond acceptors (Lipinski definition) is 1. The van der Waals surface area contributed by atoms with Gasteiger partial charge in [-0.3, -0.25) is 4.79 Å². The predicted octanol–water partition coefficient (Wildman–Crippen LogP) is 3.85. The quantitative estimate of drug-likeness (QED) is 0.770. The maximum Gasteiger partial charge on any atom is 0.253 e. The normalized spacial score (nSPS) is 10.2. The lowest BCUT2D eigenvalue weighted by Gasteiger charge is -2.19. The molecule has 0 atom stereocenters. The number of nitrogens with zero attached hydrogens (tertiary/aromatic N) is 1. The third-order valence-corrected chi connectivity index (χ3v) is 3.28. The molecule has 0 aromatic heterocycles. The zero-order valence-corrected chi connectivity index (χ0v) is 11.9. The molecule has 0 unspecified atom stereocenters. The molecule has 0 radical (unpaired) electrons. The lowest BCUT2D eigenvalue weighted by molar-refractivity contribution is 0.0775. The summed E-state index contributed by atoms with van der Waals surface area (Å²) in [4.78, 5) is 13.8. The van der Waals surface area contributed by atoms with Crippen molar-refractivity contribution in [2.75, 3.05) is 18.4 Å². The van der Waals surface area contributed by atoms with E-state index in [1.54, 1.807) is 23.1 Å². The van der Waals surface area contributed by atoms with Crippen LogP contribution in [0.4, 0.5) is 0 Å². The first-order valence-electron chi connectivity index (χ1n) is 4.90. The van der Waals surface area contributed by atoms with Crippen molar-refractivity contribution < 1.29 is 4.79 Å². The smallest absolute Gasteiger partial charge is 0.253 e. The average molecular weight is 325 g/mol. The maximum atomic E-state index is 12.0. The highest BCUT2D eigenvalue weighted by molar-refractivity contribution is 9.09. The van der Waals surface area contributed by atoms with Crippen LogP contribution in [0.1, 0.15) is 17.3 Å². The first kappa shape index (κ1) is 13.8. The van der Waals surface area contributed by atoms with Gasteiger partial charge in [0.05, 0.1) is 10.0 Å². The molecule has 0 N–H and O–H groups in total. The first-order chi connectivity index (χ1) is 7.60. The van der Waals surface area contributed by atoms with Crippen molar-refractivity contribution in [3.8, 4) is 0 Å². The molecule has 0 aliphatic carbocycles. The molecule has 0 aliphatic heterocycles. The van der Waals surface area contributed by atoms with Gasteiger partial charge in [0.25, 0.3) is 5.91 Å². The van der Waals surface area contributed by atoms with Crippen LogP contribution in [-0.4, -0.2) is 29.2 Å². The van der Waals surface area contributed by atoms with E-state index >= 15 is 0 Å². The van der Waals surface area contributed by atoms with E-state index < -0.39 is 0 Å². The van der Waals surface area contributed by atoms with Crippen LogP contribution in [-0.2, 0) is 0 Å². The Kier molecular flexibility index (Phi) is 5.59. The highest BCUT2D eigenvalue weighted by Crippen LogP contribution is 2.23. The van der Waals surface area contributed by atoms with Crippen molar-refractivity contribution in [2.45, 2.75) is 6.92 Å². The number of rotatable bonds is 4. The van der Waals surface area contributed by atoms with Crippen LogP contribution >= 0.6 is 39.1 Å². The second kappa shape index (κ2) is 6.48. The van der Waals surface area contributed by atoms with Crippen LogP contribution < -0.4 is 0 Å². The Morgan fingerprint density at radius 3 is 2.56 bits per heavy atom. The molecule has 1 aromatic rings. The second-order valence-corrected chi connectivity index (χ2v) is 4.81. The molecule has 16 heavy (non-hydrogen) atoms. The van der Waals surface area contributed by atoms with Gasteiger partial charge in [0.2, 0.25) is 0 Å². The summed E-state index contributed by atoms with van der Waals surface area (Å²) in [5, 5.41) is 1.62. The minimum absolute atomic E-state index is 0.0273. The fourth-order valence-corrected chi connectivity index (χ4v) is 2.04. The zero-order chi connectivity index (χ0) is 12.1. The van der Waals surface area contributed by atoms with Gasteiger partial charge in [-0.05, 0) is 25.1 Å². The molecule has 88 valence electrons. The molecule has 0 saturated heterocycles. The standard InChI is InChI=1S/C11H12BrCl2NO/c1-2-15(6-5-12)11(16)8-3-4-9(13)10(14)7-8/h3-4,7H,2,5-6H2,1H3. The third kappa shape index (κ3) is 3.37. The van der Waals surface area contributed by atoms with Crippen molar-refractivity contribution in [2.24, 2.45) is 0 Å². The molecule has 1 aromatic carbocycles. The predicted molar refractivity (Wildman–Crippen MR) is 71.8 cm³/mol. The van der Waals surface area contributed by atoms with Gasteiger partial charge in [-0.15, -0.1) is 0 Å². The Hall–Kier alpha value is -0.250. The van der Waals surface area contributed by atoms with Crippen LogP contribution in [0.25, 0.3) is 0 Å². The molecule has 0 saturated carbocycles. The van der Waals surface area contributed by atoms with Crippen LogP contribution in [0.2, 0.25) is 10.0 Å². The van der Waals surface area contributed by atoms with Crippen molar-refractivity contribution in [3.05, 3.63) is 33.8 Å². The summed E-state index contributed by atoms with van der Waals surface area (Å²) < 4.78 is 0. The number of carbonyl (C=O) groups is 1. The molecule has 5 heteroatoms. The van der Waals surface area contributed by atoms with Crippen LogP contribution in [0, 0.1) is 0 Å². The minimum Gasteiger partial charge on any atom is -0.338 e. The molecule has 0 bridgehead atoms. The minimum atomic E-state index is -0.0273. The van der Waals surface area contributed by atoms with Gasteiger partial charge in [-0.25, -0.2) is 0 Å². The van der Waals surface area contributed by atoms with E-state index in [2.05, 4.69) is 15.9 Å². The van der Waals surface area contributed by atoms with Crippen LogP contribution in [0.15, 0.2) is 18.2 Å². The van der Waals surface area contributed by atoms with E-state index in [4.69, 9.17) is 23.2 Å². The van der Waals surface area contributed by atoms with E-state index in [-0.39, 0.29) is 5.91 Å². The molecular formula is C11H12BrCl2NO. The molecule has 0 heterocycles. The van der Waals surface area contributed by atoms with Crippen molar-refractivity contribution in [1.29, 1.82) is 0 Å². The van der Waals surface area contributed by atoms with Crippen molar-refractivity contribution in [1.82, 2.24) is 4.90 Å². The molecule has 0 fully saturated rings. The lowest BCUT2D eigenvalue weighted by atomic mass is 10.2. The largest absolute Gasteiger partial charge is 0.338 e. The van der Waals surface area contributed by atoms with Crippen molar-refractivity contribution >= 4 is 45.0 Å². The summed E-state index contributed by atoms with van der Waals surface area (Å²) in [6.07, 6.45) is 0. The average Bonchev–Trinajstić information content (AvgIpc) is 2.28. The number of hydrogen-bond donors (Lipinski definition) is 0. The molecular weight excluding hydrogens is 313 g/mol. The number of amides is 1. The molecule has 1 amide bonds. The number of carbonyl (C=O) groups excluding carboxylic acids is 1. The lowest BCUT2D eigenvalue weighted by Crippen LogP contribution is -2.32. The molecule has 1 rings (SSSR count). The highest BCUT2D eigenvalue weighted by atomic mass is 79.9. The topological polar surface area (TPSA) is 20.3 Å². The SMILES string of the molecule is CCN(CCBr)C(=O)c1ccc(Cl)c(Cl)c1. The fraction of sp³-hybridized carbons (Fsp3) is 0.364.